The van der Waals surface area contributed by atoms with Crippen LogP contribution >= 0.6 is 0 Å². The lowest BCUT2D eigenvalue weighted by Crippen LogP contribution is -2.09. The van der Waals surface area contributed by atoms with E-state index >= 15 is 0 Å². The molecule has 0 aliphatic carbocycles. The van der Waals surface area contributed by atoms with E-state index in [0.717, 1.165) is 61.8 Å². The molecule has 14 aromatic rings. The van der Waals surface area contributed by atoms with Crippen LogP contribution in [0.5, 0.6) is 0 Å². The molecule has 3 heteroatoms. The normalized spacial score (nSPS) is 11.5. The van der Waals surface area contributed by atoms with Crippen molar-refractivity contribution < 1.29 is 0 Å². The first-order valence-corrected chi connectivity index (χ1v) is 25.7. The van der Waals surface area contributed by atoms with Gasteiger partial charge in [-0.05, 0) is 159 Å². The second-order valence-electron chi connectivity index (χ2n) is 19.3. The first kappa shape index (κ1) is 43.8. The van der Waals surface area contributed by atoms with Crippen LogP contribution in [-0.2, 0) is 0 Å². The summed E-state index contributed by atoms with van der Waals surface area (Å²) < 4.78 is 4.81. The monoisotopic (exact) mass is 955 g/mol. The average Bonchev–Trinajstić information content (AvgIpc) is 4.01. The molecule has 0 spiro atoms. The molecule has 0 saturated carbocycles. The minimum Gasteiger partial charge on any atom is -0.311 e. The lowest BCUT2D eigenvalue weighted by atomic mass is 9.92. The third-order valence-corrected chi connectivity index (χ3v) is 14.9. The highest BCUT2D eigenvalue weighted by atomic mass is 15.1. The molecular formula is C72H49N3. The average molecular weight is 956 g/mol. The summed E-state index contributed by atoms with van der Waals surface area (Å²) in [5, 5.41) is 4.96. The summed E-state index contributed by atoms with van der Waals surface area (Å²) in [5.74, 6) is 0. The molecule has 14 rings (SSSR count). The van der Waals surface area contributed by atoms with E-state index in [1.54, 1.807) is 0 Å². The Morgan fingerprint density at radius 2 is 0.467 bits per heavy atom. The van der Waals surface area contributed by atoms with E-state index in [1.807, 2.05) is 0 Å². The van der Waals surface area contributed by atoms with Gasteiger partial charge in [0.25, 0.3) is 0 Å². The predicted molar refractivity (Wildman–Crippen MR) is 317 cm³/mol. The number of nitrogens with zero attached hydrogens (tertiary/aromatic N) is 3. The Labute approximate surface area is 436 Å². The molecule has 0 atom stereocenters. The zero-order valence-electron chi connectivity index (χ0n) is 41.1. The highest BCUT2D eigenvalue weighted by Gasteiger charge is 2.19. The predicted octanol–water partition coefficient (Wildman–Crippen LogP) is 19.7. The summed E-state index contributed by atoms with van der Waals surface area (Å²) >= 11 is 0. The van der Waals surface area contributed by atoms with Crippen molar-refractivity contribution in [1.82, 2.24) is 9.13 Å². The Morgan fingerprint density at radius 1 is 0.187 bits per heavy atom. The minimum atomic E-state index is 1.08. The number of hydrogen-bond acceptors (Lipinski definition) is 1. The van der Waals surface area contributed by atoms with E-state index in [-0.39, 0.29) is 0 Å². The van der Waals surface area contributed by atoms with Gasteiger partial charge >= 0.3 is 0 Å². The minimum absolute atomic E-state index is 1.08. The third kappa shape index (κ3) is 7.95. The number of benzene rings is 12. The zero-order valence-corrected chi connectivity index (χ0v) is 41.1. The molecule has 0 unspecified atom stereocenters. The molecule has 0 radical (unpaired) electrons. The number of fused-ring (bicyclic) bond motifs is 6. The first-order valence-electron chi connectivity index (χ1n) is 25.7. The van der Waals surface area contributed by atoms with Gasteiger partial charge in [0.15, 0.2) is 0 Å². The van der Waals surface area contributed by atoms with Crippen LogP contribution in [0.15, 0.2) is 297 Å². The van der Waals surface area contributed by atoms with Crippen molar-refractivity contribution in [3.8, 4) is 67.0 Å². The summed E-state index contributed by atoms with van der Waals surface area (Å²) in [4.78, 5) is 2.36. The maximum atomic E-state index is 2.41. The molecule has 0 saturated heterocycles. The van der Waals surface area contributed by atoms with Gasteiger partial charge in [0.05, 0.1) is 22.1 Å². The van der Waals surface area contributed by atoms with Gasteiger partial charge in [-0.25, -0.2) is 0 Å². The molecule has 0 amide bonds. The van der Waals surface area contributed by atoms with E-state index in [0.29, 0.717) is 0 Å². The maximum absolute atomic E-state index is 2.41. The molecule has 352 valence electrons. The van der Waals surface area contributed by atoms with Crippen molar-refractivity contribution in [2.24, 2.45) is 0 Å². The molecule has 0 aliphatic heterocycles. The van der Waals surface area contributed by atoms with Gasteiger partial charge in [0.1, 0.15) is 0 Å². The van der Waals surface area contributed by atoms with Gasteiger partial charge in [-0.15, -0.1) is 0 Å². The largest absolute Gasteiger partial charge is 0.311 e. The van der Waals surface area contributed by atoms with Crippen LogP contribution in [0, 0.1) is 0 Å². The lowest BCUT2D eigenvalue weighted by molar-refractivity contribution is 1.18. The molecule has 0 N–H and O–H groups in total. The summed E-state index contributed by atoms with van der Waals surface area (Å²) in [6, 6.07) is 108. The molecular weight excluding hydrogens is 907 g/mol. The quantitative estimate of drug-likeness (QED) is 0.133. The highest BCUT2D eigenvalue weighted by molar-refractivity contribution is 6.11. The zero-order chi connectivity index (χ0) is 49.7. The Hall–Kier alpha value is -9.96. The van der Waals surface area contributed by atoms with Crippen LogP contribution in [0.2, 0.25) is 0 Å². The second-order valence-corrected chi connectivity index (χ2v) is 19.3. The van der Waals surface area contributed by atoms with E-state index in [1.165, 1.54) is 65.9 Å². The van der Waals surface area contributed by atoms with E-state index in [4.69, 9.17) is 0 Å². The van der Waals surface area contributed by atoms with Gasteiger partial charge in [-0.3, -0.25) is 0 Å². The second kappa shape index (κ2) is 18.6. The molecule has 12 aromatic carbocycles. The van der Waals surface area contributed by atoms with Crippen LogP contribution < -0.4 is 4.90 Å². The number of aromatic nitrogens is 2. The molecule has 75 heavy (non-hydrogen) atoms. The maximum Gasteiger partial charge on any atom is 0.0547 e. The lowest BCUT2D eigenvalue weighted by Gasteiger charge is -2.26. The highest BCUT2D eigenvalue weighted by Crippen LogP contribution is 2.42. The van der Waals surface area contributed by atoms with Crippen molar-refractivity contribution in [3.63, 3.8) is 0 Å². The van der Waals surface area contributed by atoms with Crippen molar-refractivity contribution in [3.05, 3.63) is 297 Å². The number of anilines is 3. The van der Waals surface area contributed by atoms with Gasteiger partial charge < -0.3 is 14.0 Å². The summed E-state index contributed by atoms with van der Waals surface area (Å²) in [7, 11) is 0. The Morgan fingerprint density at radius 3 is 0.853 bits per heavy atom. The molecule has 2 aromatic heterocycles. The number of para-hydroxylation sites is 4. The number of hydrogen-bond donors (Lipinski definition) is 0. The van der Waals surface area contributed by atoms with E-state index in [2.05, 4.69) is 311 Å². The smallest absolute Gasteiger partial charge is 0.0547 e. The Kier molecular flexibility index (Phi) is 10.8. The SMILES string of the molecule is c1ccc(-c2ccc(N(c3ccc(-c4ccccc4)cc3)c3ccc(-c4cc(-c5ccc6c7ccccc7n(-c7ccccc7)c6c5)cc(-c5ccc6c7ccccc7n(-c7ccccc7)c6c5)c4)cc3)cc2)cc1. The van der Waals surface area contributed by atoms with Crippen molar-refractivity contribution >= 4 is 60.7 Å². The van der Waals surface area contributed by atoms with Crippen molar-refractivity contribution in [2.75, 3.05) is 4.90 Å². The fourth-order valence-electron chi connectivity index (χ4n) is 11.3. The number of rotatable bonds is 10. The first-order chi connectivity index (χ1) is 37.2. The standard InChI is InChI=1S/C72H49N3/c1-5-17-50(18-6-1)52-29-37-62(38-30-52)73(63-39-31-53(32-40-63)51-19-7-2-8-20-51)64-41-33-54(34-42-64)57-45-58(55-35-43-67-65-25-13-15-27-69(65)74(71(67)48-55)60-21-9-3-10-22-60)47-59(46-57)56-36-44-68-66-26-14-16-28-70(66)75(72(68)49-56)61-23-11-4-12-24-61/h1-49H. The van der Waals surface area contributed by atoms with Crippen LogP contribution in [0.1, 0.15) is 0 Å². The fraction of sp³-hybridized carbons (Fsp3) is 0. The Bertz CT molecular complexity index is 4090. The van der Waals surface area contributed by atoms with Crippen LogP contribution in [0.3, 0.4) is 0 Å². The molecule has 2 heterocycles. The van der Waals surface area contributed by atoms with Crippen LogP contribution in [0.25, 0.3) is 111 Å². The van der Waals surface area contributed by atoms with E-state index in [9.17, 15) is 0 Å². The fourth-order valence-corrected chi connectivity index (χ4v) is 11.3. The van der Waals surface area contributed by atoms with Crippen molar-refractivity contribution in [1.29, 1.82) is 0 Å². The topological polar surface area (TPSA) is 13.1 Å². The van der Waals surface area contributed by atoms with Crippen LogP contribution in [0.4, 0.5) is 17.1 Å². The summed E-state index contributed by atoms with van der Waals surface area (Å²) in [6.45, 7) is 0. The third-order valence-electron chi connectivity index (χ3n) is 14.9. The van der Waals surface area contributed by atoms with Gasteiger partial charge in [-0.1, -0.05) is 194 Å². The van der Waals surface area contributed by atoms with Gasteiger partial charge in [0.2, 0.25) is 0 Å². The summed E-state index contributed by atoms with van der Waals surface area (Å²) in [6.07, 6.45) is 0. The van der Waals surface area contributed by atoms with E-state index < -0.39 is 0 Å². The van der Waals surface area contributed by atoms with Gasteiger partial charge in [-0.2, -0.15) is 0 Å². The molecule has 0 fully saturated rings. The van der Waals surface area contributed by atoms with Crippen molar-refractivity contribution in [2.45, 2.75) is 0 Å². The van der Waals surface area contributed by atoms with Crippen LogP contribution in [-0.4, -0.2) is 9.13 Å². The summed E-state index contributed by atoms with van der Waals surface area (Å²) in [5.41, 5.74) is 22.0. The molecule has 3 nitrogen and oxygen atoms in total. The molecule has 0 aliphatic rings. The molecule has 0 bridgehead atoms. The van der Waals surface area contributed by atoms with Gasteiger partial charge in [0, 0.05) is 50.0 Å². The Balaban J connectivity index is 0.923.